The van der Waals surface area contributed by atoms with Crippen molar-refractivity contribution in [2.75, 3.05) is 0 Å². The van der Waals surface area contributed by atoms with Gasteiger partial charge >= 0.3 is 0 Å². The summed E-state index contributed by atoms with van der Waals surface area (Å²) >= 11 is 0. The van der Waals surface area contributed by atoms with Gasteiger partial charge in [0.1, 0.15) is 11.3 Å². The van der Waals surface area contributed by atoms with Gasteiger partial charge < -0.3 is 4.98 Å². The number of nitrogens with one attached hydrogen (secondary N) is 1. The van der Waals surface area contributed by atoms with Gasteiger partial charge in [-0.3, -0.25) is 0 Å². The summed E-state index contributed by atoms with van der Waals surface area (Å²) in [7, 11) is 1.92. The van der Waals surface area contributed by atoms with Crippen molar-refractivity contribution in [2.45, 2.75) is 20.8 Å². The number of benzene rings is 1. The number of aromatic nitrogens is 4. The van der Waals surface area contributed by atoms with Crippen LogP contribution >= 0.6 is 0 Å². The number of nitrogens with zero attached hydrogens (tertiary/aromatic N) is 3. The molecule has 0 saturated carbocycles. The number of aryl methyl sites for hydroxylation is 4. The number of fused-ring (bicyclic) bond motifs is 1. The molecule has 0 aliphatic carbocycles. The van der Waals surface area contributed by atoms with Gasteiger partial charge in [-0.25, -0.2) is 9.67 Å². The Morgan fingerprint density at radius 1 is 1.11 bits per heavy atom. The fourth-order valence-corrected chi connectivity index (χ4v) is 2.20. The molecule has 0 saturated heterocycles. The largest absolute Gasteiger partial charge is 0.335 e. The number of hydrogen-bond acceptors (Lipinski definition) is 2. The second-order valence-corrected chi connectivity index (χ2v) is 4.79. The summed E-state index contributed by atoms with van der Waals surface area (Å²) in [5.74, 6) is 0.907. The van der Waals surface area contributed by atoms with Crippen molar-refractivity contribution < 1.29 is 0 Å². The van der Waals surface area contributed by atoms with Crippen molar-refractivity contribution >= 4 is 11.2 Å². The van der Waals surface area contributed by atoms with E-state index in [1.165, 1.54) is 11.1 Å². The lowest BCUT2D eigenvalue weighted by molar-refractivity contribution is 0.773. The molecular formula is C14H16N4. The normalized spacial score (nSPS) is 11.3. The summed E-state index contributed by atoms with van der Waals surface area (Å²) in [4.78, 5) is 7.97. The summed E-state index contributed by atoms with van der Waals surface area (Å²) in [5, 5.41) is 4.34. The Bertz CT molecular complexity index is 699. The third kappa shape index (κ3) is 1.53. The Hall–Kier alpha value is -2.10. The molecule has 0 aliphatic rings. The van der Waals surface area contributed by atoms with E-state index in [0.29, 0.717) is 0 Å². The van der Waals surface area contributed by atoms with Gasteiger partial charge in [0.15, 0.2) is 5.65 Å². The topological polar surface area (TPSA) is 46.5 Å². The lowest BCUT2D eigenvalue weighted by atomic mass is 10.1. The van der Waals surface area contributed by atoms with Crippen LogP contribution in [0.5, 0.6) is 0 Å². The molecule has 0 bridgehead atoms. The molecule has 3 rings (SSSR count). The highest BCUT2D eigenvalue weighted by Crippen LogP contribution is 2.23. The predicted molar refractivity (Wildman–Crippen MR) is 72.5 cm³/mol. The number of hydrogen-bond donors (Lipinski definition) is 1. The maximum Gasteiger partial charge on any atom is 0.176 e. The van der Waals surface area contributed by atoms with Crippen LogP contribution in [0.2, 0.25) is 0 Å². The molecule has 4 heteroatoms. The lowest BCUT2D eigenvalue weighted by Gasteiger charge is -2.02. The number of rotatable bonds is 1. The highest BCUT2D eigenvalue weighted by molar-refractivity contribution is 5.78. The van der Waals surface area contributed by atoms with E-state index in [4.69, 9.17) is 0 Å². The van der Waals surface area contributed by atoms with Gasteiger partial charge in [-0.2, -0.15) is 5.10 Å². The number of imidazole rings is 1. The average Bonchev–Trinajstić information content (AvgIpc) is 2.86. The minimum Gasteiger partial charge on any atom is -0.335 e. The van der Waals surface area contributed by atoms with Crippen molar-refractivity contribution in [1.29, 1.82) is 0 Å². The average molecular weight is 240 g/mol. The van der Waals surface area contributed by atoms with Crippen LogP contribution in [0.3, 0.4) is 0 Å². The predicted octanol–water partition coefficient (Wildman–Crippen LogP) is 2.89. The molecule has 18 heavy (non-hydrogen) atoms. The summed E-state index contributed by atoms with van der Waals surface area (Å²) in [6.45, 7) is 6.23. The van der Waals surface area contributed by atoms with Gasteiger partial charge in [-0.1, -0.05) is 12.1 Å². The van der Waals surface area contributed by atoms with Crippen molar-refractivity contribution in [3.63, 3.8) is 0 Å². The Labute approximate surface area is 106 Å². The molecule has 0 fully saturated rings. The first-order chi connectivity index (χ1) is 8.56. The Morgan fingerprint density at radius 3 is 2.56 bits per heavy atom. The van der Waals surface area contributed by atoms with Gasteiger partial charge in [0.25, 0.3) is 0 Å². The van der Waals surface area contributed by atoms with E-state index < -0.39 is 0 Å². The molecule has 0 amide bonds. The van der Waals surface area contributed by atoms with Crippen LogP contribution < -0.4 is 0 Å². The van der Waals surface area contributed by atoms with Crippen LogP contribution in [0.4, 0.5) is 0 Å². The Balaban J connectivity index is 2.19. The minimum absolute atomic E-state index is 0.903. The van der Waals surface area contributed by atoms with E-state index in [9.17, 15) is 0 Å². The molecule has 0 atom stereocenters. The summed E-state index contributed by atoms with van der Waals surface area (Å²) < 4.78 is 1.81. The maximum absolute atomic E-state index is 4.62. The van der Waals surface area contributed by atoms with Crippen molar-refractivity contribution in [3.05, 3.63) is 35.0 Å². The number of H-pyrrole nitrogens is 1. The van der Waals surface area contributed by atoms with Gasteiger partial charge in [-0.15, -0.1) is 0 Å². The minimum atomic E-state index is 0.903. The third-order valence-corrected chi connectivity index (χ3v) is 3.43. The molecule has 2 aromatic heterocycles. The Kier molecular flexibility index (Phi) is 2.26. The molecule has 92 valence electrons. The first-order valence-corrected chi connectivity index (χ1v) is 6.03. The molecule has 4 nitrogen and oxygen atoms in total. The van der Waals surface area contributed by atoms with Crippen molar-refractivity contribution in [2.24, 2.45) is 7.05 Å². The summed E-state index contributed by atoms with van der Waals surface area (Å²) in [6.07, 6.45) is 0. The lowest BCUT2D eigenvalue weighted by Crippen LogP contribution is -1.92. The summed E-state index contributed by atoms with van der Waals surface area (Å²) in [5.41, 5.74) is 6.60. The zero-order valence-electron chi connectivity index (χ0n) is 11.1. The third-order valence-electron chi connectivity index (χ3n) is 3.43. The first-order valence-electron chi connectivity index (χ1n) is 6.03. The van der Waals surface area contributed by atoms with E-state index in [1.54, 1.807) is 0 Å². The highest BCUT2D eigenvalue weighted by Gasteiger charge is 2.12. The second-order valence-electron chi connectivity index (χ2n) is 4.79. The summed E-state index contributed by atoms with van der Waals surface area (Å²) in [6, 6.07) is 6.39. The molecule has 2 heterocycles. The smallest absolute Gasteiger partial charge is 0.176 e. The van der Waals surface area contributed by atoms with Gasteiger partial charge in [0.05, 0.1) is 5.69 Å². The molecule has 0 unspecified atom stereocenters. The van der Waals surface area contributed by atoms with Gasteiger partial charge in [0, 0.05) is 12.6 Å². The Morgan fingerprint density at radius 2 is 1.89 bits per heavy atom. The molecule has 0 spiro atoms. The van der Waals surface area contributed by atoms with Crippen LogP contribution in [-0.4, -0.2) is 19.7 Å². The van der Waals surface area contributed by atoms with Crippen LogP contribution in [0, 0.1) is 20.8 Å². The van der Waals surface area contributed by atoms with Crippen LogP contribution in [0.1, 0.15) is 16.8 Å². The molecule has 1 N–H and O–H groups in total. The van der Waals surface area contributed by atoms with Gasteiger partial charge in [0.2, 0.25) is 0 Å². The second kappa shape index (κ2) is 3.70. The molecule has 0 aliphatic heterocycles. The van der Waals surface area contributed by atoms with E-state index in [2.05, 4.69) is 47.1 Å². The first kappa shape index (κ1) is 11.0. The van der Waals surface area contributed by atoms with Crippen LogP contribution in [0.15, 0.2) is 18.2 Å². The molecule has 0 radical (unpaired) electrons. The maximum atomic E-state index is 4.62. The van der Waals surface area contributed by atoms with E-state index in [-0.39, 0.29) is 0 Å². The van der Waals surface area contributed by atoms with Crippen LogP contribution in [0.25, 0.3) is 22.6 Å². The standard InChI is InChI=1S/C14H16N4/c1-8-5-6-11(7-9(8)2)13-15-12-10(3)17-18(4)14(12)16-13/h5-7H,1-4H3,(H,15,16). The van der Waals surface area contributed by atoms with E-state index in [0.717, 1.165) is 28.2 Å². The zero-order valence-corrected chi connectivity index (χ0v) is 11.1. The van der Waals surface area contributed by atoms with Crippen molar-refractivity contribution in [1.82, 2.24) is 19.7 Å². The quantitative estimate of drug-likeness (QED) is 0.711. The fraction of sp³-hybridized carbons (Fsp3) is 0.286. The highest BCUT2D eigenvalue weighted by atomic mass is 15.3. The molecular weight excluding hydrogens is 224 g/mol. The zero-order chi connectivity index (χ0) is 12.9. The van der Waals surface area contributed by atoms with E-state index >= 15 is 0 Å². The van der Waals surface area contributed by atoms with Crippen LogP contribution in [-0.2, 0) is 7.05 Å². The fourth-order valence-electron chi connectivity index (χ4n) is 2.20. The number of aromatic amines is 1. The van der Waals surface area contributed by atoms with Gasteiger partial charge in [-0.05, 0) is 38.0 Å². The van der Waals surface area contributed by atoms with E-state index in [1.807, 2.05) is 18.7 Å². The molecule has 1 aromatic carbocycles. The monoisotopic (exact) mass is 240 g/mol. The SMILES string of the molecule is Cc1ccc(-c2nc3c([nH]2)c(C)nn3C)cc1C. The van der Waals surface area contributed by atoms with Crippen molar-refractivity contribution in [3.8, 4) is 11.4 Å². The molecule has 3 aromatic rings.